The largest absolute Gasteiger partial charge is 0.493 e. The van der Waals surface area contributed by atoms with E-state index in [1.54, 1.807) is 20.3 Å². The Labute approximate surface area is 248 Å². The molecule has 1 aliphatic rings. The average molecular weight is 654 g/mol. The van der Waals surface area contributed by atoms with Crippen LogP contribution in [0.3, 0.4) is 0 Å². The summed E-state index contributed by atoms with van der Waals surface area (Å²) in [6.45, 7) is 0.949. The summed E-state index contributed by atoms with van der Waals surface area (Å²) in [6.07, 6.45) is -4.32. The second-order valence-electron chi connectivity index (χ2n) is 9.78. The number of benzene rings is 2. The van der Waals surface area contributed by atoms with Gasteiger partial charge in [0.05, 0.1) is 31.3 Å². The van der Waals surface area contributed by atoms with Crippen LogP contribution >= 0.6 is 0 Å². The smallest absolute Gasteiger partial charge is 0.416 e. The van der Waals surface area contributed by atoms with Crippen LogP contribution in [0.4, 0.5) is 13.2 Å². The lowest BCUT2D eigenvalue weighted by molar-refractivity contribution is -0.159. The molecular formula is C27H34F3NO10S2. The summed E-state index contributed by atoms with van der Waals surface area (Å²) >= 11 is 0. The molecule has 2 N–H and O–H groups in total. The molecule has 0 saturated carbocycles. The Bertz CT molecular complexity index is 1460. The molecule has 0 aromatic heterocycles. The van der Waals surface area contributed by atoms with Crippen molar-refractivity contribution in [3.05, 3.63) is 59.2 Å². The van der Waals surface area contributed by atoms with E-state index in [2.05, 4.69) is 0 Å². The Morgan fingerprint density at radius 2 is 1.49 bits per heavy atom. The molecule has 1 heterocycles. The van der Waals surface area contributed by atoms with Crippen molar-refractivity contribution in [2.24, 2.45) is 0 Å². The molecule has 1 fully saturated rings. The highest BCUT2D eigenvalue weighted by Crippen LogP contribution is 2.46. The third-order valence-corrected chi connectivity index (χ3v) is 13.0. The van der Waals surface area contributed by atoms with Crippen molar-refractivity contribution < 1.29 is 59.3 Å². The van der Waals surface area contributed by atoms with E-state index in [0.717, 1.165) is 17.7 Å². The molecule has 240 valence electrons. The monoisotopic (exact) mass is 653 g/mol. The first kappa shape index (κ1) is 35.8. The highest BCUT2D eigenvalue weighted by molar-refractivity contribution is 8.10. The number of carboxylic acids is 2. The Kier molecular flexibility index (Phi) is 12.0. The number of rotatable bonds is 10. The Hall–Kier alpha value is -3.37. The first-order valence-electron chi connectivity index (χ1n) is 12.9. The van der Waals surface area contributed by atoms with E-state index in [0.29, 0.717) is 37.1 Å². The normalized spacial score (nSPS) is 16.9. The number of ether oxygens (including phenoxy) is 2. The second kappa shape index (κ2) is 14.4. The van der Waals surface area contributed by atoms with Crippen molar-refractivity contribution in [3.63, 3.8) is 0 Å². The van der Waals surface area contributed by atoms with Gasteiger partial charge < -0.3 is 24.6 Å². The molecule has 0 unspecified atom stereocenters. The Morgan fingerprint density at radius 3 is 2.00 bits per heavy atom. The average Bonchev–Trinajstić information content (AvgIpc) is 2.92. The minimum Gasteiger partial charge on any atom is -0.493 e. The van der Waals surface area contributed by atoms with E-state index in [4.69, 9.17) is 29.3 Å². The van der Waals surface area contributed by atoms with Gasteiger partial charge in [-0.1, -0.05) is 18.2 Å². The number of nitrogens with zero attached hydrogens (tertiary/aromatic N) is 1. The van der Waals surface area contributed by atoms with Crippen LogP contribution in [0, 0.1) is 0 Å². The molecule has 2 aromatic carbocycles. The topological polar surface area (TPSA) is 165 Å². The maximum Gasteiger partial charge on any atom is 0.416 e. The summed E-state index contributed by atoms with van der Waals surface area (Å²) < 4.78 is 101. The van der Waals surface area contributed by atoms with E-state index in [9.17, 15) is 30.0 Å². The molecular weight excluding hydrogens is 619 g/mol. The number of halogens is 3. The minimum absolute atomic E-state index is 0.0728. The van der Waals surface area contributed by atoms with E-state index in [-0.39, 0.29) is 24.8 Å². The molecule has 0 radical (unpaired) electrons. The highest BCUT2D eigenvalue weighted by Gasteiger charge is 2.57. The van der Waals surface area contributed by atoms with Crippen LogP contribution in [-0.4, -0.2) is 89.7 Å². The number of carbonyl (C=O) groups is 2. The van der Waals surface area contributed by atoms with Crippen molar-refractivity contribution in [2.75, 3.05) is 45.9 Å². The third-order valence-electron chi connectivity index (χ3n) is 6.92. The number of sulfone groups is 2. The Balaban J connectivity index is 0.000000973. The number of methoxy groups -OCH3 is 2. The fraction of sp³-hybridized carbons (Fsp3) is 0.481. The molecule has 16 heteroatoms. The van der Waals surface area contributed by atoms with Crippen LogP contribution in [0.2, 0.25) is 0 Å². The molecule has 2 aromatic rings. The summed E-state index contributed by atoms with van der Waals surface area (Å²) in [4.78, 5) is 20.1. The molecule has 0 bridgehead atoms. The SMILES string of the molecule is COc1ccc(CCN(C)CCCC2(c3cccc(C(F)(F)F)c3)S(=O)(=O)CCCS2(=O)=O)cc1OC.O=C(O)C(=O)O. The zero-order valence-electron chi connectivity index (χ0n) is 23.8. The van der Waals surface area contributed by atoms with Gasteiger partial charge in [-0.05, 0) is 74.7 Å². The quantitative estimate of drug-likeness (QED) is 0.362. The van der Waals surface area contributed by atoms with Crippen molar-refractivity contribution in [3.8, 4) is 11.5 Å². The summed E-state index contributed by atoms with van der Waals surface area (Å²) in [7, 11) is -3.64. The lowest BCUT2D eigenvalue weighted by atomic mass is 10.0. The van der Waals surface area contributed by atoms with Gasteiger partial charge in [0.2, 0.25) is 0 Å². The maximum atomic E-state index is 13.4. The Morgan fingerprint density at radius 1 is 0.907 bits per heavy atom. The molecule has 0 spiro atoms. The molecule has 0 atom stereocenters. The predicted molar refractivity (Wildman–Crippen MR) is 151 cm³/mol. The zero-order chi connectivity index (χ0) is 32.6. The number of hydrogen-bond acceptors (Lipinski definition) is 9. The second-order valence-corrected chi connectivity index (χ2v) is 14.7. The van der Waals surface area contributed by atoms with E-state index >= 15 is 0 Å². The molecule has 1 saturated heterocycles. The lowest BCUT2D eigenvalue weighted by Crippen LogP contribution is -2.50. The third kappa shape index (κ3) is 8.60. The van der Waals surface area contributed by atoms with Gasteiger partial charge in [-0.15, -0.1) is 0 Å². The number of alkyl halides is 3. The van der Waals surface area contributed by atoms with Gasteiger partial charge in [0.25, 0.3) is 0 Å². The van der Waals surface area contributed by atoms with Crippen LogP contribution in [0.5, 0.6) is 11.5 Å². The highest BCUT2D eigenvalue weighted by atomic mass is 32.3. The van der Waals surface area contributed by atoms with Crippen LogP contribution in [0.25, 0.3) is 0 Å². The first-order chi connectivity index (χ1) is 19.9. The van der Waals surface area contributed by atoms with Gasteiger partial charge in [-0.2, -0.15) is 13.2 Å². The van der Waals surface area contributed by atoms with Gasteiger partial charge in [0, 0.05) is 6.54 Å². The fourth-order valence-corrected chi connectivity index (χ4v) is 10.6. The summed E-state index contributed by atoms with van der Waals surface area (Å²) in [5.74, 6) is -3.23. The maximum absolute atomic E-state index is 13.4. The molecule has 1 aliphatic heterocycles. The number of carboxylic acid groups (broad SMARTS) is 2. The molecule has 0 aliphatic carbocycles. The number of hydrogen-bond donors (Lipinski definition) is 2. The van der Waals surface area contributed by atoms with E-state index < -0.39 is 58.9 Å². The molecule has 0 amide bonds. The van der Waals surface area contributed by atoms with E-state index in [1.165, 1.54) is 6.07 Å². The fourth-order valence-electron chi connectivity index (χ4n) is 4.76. The molecule has 3 rings (SSSR count). The van der Waals surface area contributed by atoms with Crippen molar-refractivity contribution in [1.82, 2.24) is 4.90 Å². The van der Waals surface area contributed by atoms with Crippen molar-refractivity contribution in [1.29, 1.82) is 0 Å². The van der Waals surface area contributed by atoms with Crippen LogP contribution in [0.1, 0.15) is 36.0 Å². The number of aliphatic carboxylic acids is 2. The van der Waals surface area contributed by atoms with Crippen LogP contribution in [-0.2, 0) is 45.9 Å². The molecule has 11 nitrogen and oxygen atoms in total. The van der Waals surface area contributed by atoms with Gasteiger partial charge in [-0.3, -0.25) is 0 Å². The molecule has 43 heavy (non-hydrogen) atoms. The van der Waals surface area contributed by atoms with Crippen LogP contribution in [0.15, 0.2) is 42.5 Å². The summed E-state index contributed by atoms with van der Waals surface area (Å²) in [5, 5.41) is 14.8. The van der Waals surface area contributed by atoms with Crippen molar-refractivity contribution >= 4 is 31.6 Å². The van der Waals surface area contributed by atoms with Gasteiger partial charge in [0.15, 0.2) is 35.3 Å². The van der Waals surface area contributed by atoms with Gasteiger partial charge >= 0.3 is 18.1 Å². The van der Waals surface area contributed by atoms with Gasteiger partial charge in [-0.25, -0.2) is 26.4 Å². The van der Waals surface area contributed by atoms with Gasteiger partial charge in [0.1, 0.15) is 0 Å². The zero-order valence-corrected chi connectivity index (χ0v) is 25.4. The summed E-state index contributed by atoms with van der Waals surface area (Å²) in [5.41, 5.74) is -0.426. The standard InChI is InChI=1S/C25H32F3NO6S2.C2H2O4/c1-29(14-11-19-9-10-22(34-2)23(17-19)35-3)13-5-12-24(36(30,31)15-6-16-37(24,32)33)20-7-4-8-21(18-20)25(26,27)28;3-1(4)2(5)6/h4,7-10,17-18H,5-6,11-16H2,1-3H3;(H,3,4)(H,5,6). The first-order valence-corrected chi connectivity index (χ1v) is 16.2. The van der Waals surface area contributed by atoms with E-state index in [1.807, 2.05) is 24.1 Å². The van der Waals surface area contributed by atoms with Crippen LogP contribution < -0.4 is 9.47 Å². The predicted octanol–water partition coefficient (Wildman–Crippen LogP) is 3.22. The summed E-state index contributed by atoms with van der Waals surface area (Å²) in [6, 6.07) is 9.27. The number of likely N-dealkylation sites (N-methyl/N-ethyl adjacent to an activating group) is 1. The minimum atomic E-state index is -4.73. The van der Waals surface area contributed by atoms with Crippen molar-refractivity contribution in [2.45, 2.75) is 35.9 Å². The lowest BCUT2D eigenvalue weighted by Gasteiger charge is -2.37.